The maximum atomic E-state index is 12.7. The summed E-state index contributed by atoms with van der Waals surface area (Å²) in [6.45, 7) is 1.60. The molecule has 6 nitrogen and oxygen atoms in total. The third-order valence-corrected chi connectivity index (χ3v) is 4.10. The van der Waals surface area contributed by atoms with Crippen molar-refractivity contribution in [1.82, 2.24) is 5.32 Å². The molecule has 0 saturated heterocycles. The van der Waals surface area contributed by atoms with Gasteiger partial charge in [0.05, 0.1) is 5.71 Å². The molecule has 25 heavy (non-hydrogen) atoms. The molecule has 0 spiro atoms. The van der Waals surface area contributed by atoms with Crippen LogP contribution >= 0.6 is 0 Å². The average molecular weight is 338 g/mol. The Bertz CT molecular complexity index is 805. The minimum atomic E-state index is -1.24. The molecule has 2 N–H and O–H groups in total. The summed E-state index contributed by atoms with van der Waals surface area (Å²) in [5.74, 6) is -1.65. The number of carbonyl (C=O) groups is 2. The van der Waals surface area contributed by atoms with Gasteiger partial charge < -0.3 is 15.3 Å². The number of carboxylic acids is 1. The van der Waals surface area contributed by atoms with Crippen molar-refractivity contribution in [3.8, 4) is 0 Å². The van der Waals surface area contributed by atoms with Crippen LogP contribution in [0, 0.1) is 0 Å². The Balaban J connectivity index is 1.74. The normalized spacial score (nSPS) is 20.3. The fraction of sp³-hybridized carbons (Fsp3) is 0.211. The van der Waals surface area contributed by atoms with Gasteiger partial charge in [-0.3, -0.25) is 4.79 Å². The summed E-state index contributed by atoms with van der Waals surface area (Å²) in [6.07, 6.45) is 0.268. The van der Waals surface area contributed by atoms with Crippen molar-refractivity contribution >= 4 is 17.6 Å². The predicted molar refractivity (Wildman–Crippen MR) is 92.0 cm³/mol. The summed E-state index contributed by atoms with van der Waals surface area (Å²) in [5, 5.41) is 16.0. The quantitative estimate of drug-likeness (QED) is 0.877. The number of carboxylic acid groups (broad SMARTS) is 1. The standard InChI is InChI=1S/C19H18N2O4/c1-19(12-15(21-25-19)13-8-4-2-5-9-13)18(24)20-16(17(22)23)14-10-6-3-7-11-14/h2-11,16H,12H2,1H3,(H,20,24)(H,22,23)/t16-,19?/m0/s1. The van der Waals surface area contributed by atoms with E-state index < -0.39 is 23.5 Å². The zero-order valence-electron chi connectivity index (χ0n) is 13.7. The lowest BCUT2D eigenvalue weighted by molar-refractivity contribution is -0.148. The molecule has 0 aliphatic carbocycles. The van der Waals surface area contributed by atoms with Crippen molar-refractivity contribution in [2.75, 3.05) is 0 Å². The Morgan fingerprint density at radius 3 is 2.32 bits per heavy atom. The van der Waals surface area contributed by atoms with E-state index in [1.54, 1.807) is 37.3 Å². The monoisotopic (exact) mass is 338 g/mol. The molecular weight excluding hydrogens is 320 g/mol. The van der Waals surface area contributed by atoms with Crippen LogP contribution in [0.5, 0.6) is 0 Å². The van der Waals surface area contributed by atoms with Gasteiger partial charge in [-0.25, -0.2) is 4.79 Å². The molecule has 2 atom stereocenters. The van der Waals surface area contributed by atoms with Crippen molar-refractivity contribution < 1.29 is 19.5 Å². The molecule has 2 aromatic carbocycles. The van der Waals surface area contributed by atoms with Crippen molar-refractivity contribution in [2.24, 2.45) is 5.16 Å². The number of aliphatic carboxylic acids is 1. The van der Waals surface area contributed by atoms with Crippen LogP contribution in [0.1, 0.15) is 30.5 Å². The Hall–Kier alpha value is -3.15. The number of hydrogen-bond acceptors (Lipinski definition) is 4. The highest BCUT2D eigenvalue weighted by Crippen LogP contribution is 2.28. The Kier molecular flexibility index (Phi) is 4.52. The Labute approximate surface area is 145 Å². The second-order valence-electron chi connectivity index (χ2n) is 6.06. The zero-order valence-corrected chi connectivity index (χ0v) is 13.7. The summed E-state index contributed by atoms with van der Waals surface area (Å²) in [7, 11) is 0. The molecule has 3 rings (SSSR count). The Morgan fingerprint density at radius 1 is 1.12 bits per heavy atom. The van der Waals surface area contributed by atoms with Crippen molar-refractivity contribution in [3.63, 3.8) is 0 Å². The third kappa shape index (κ3) is 3.52. The van der Waals surface area contributed by atoms with Gasteiger partial charge in [0.2, 0.25) is 5.60 Å². The molecule has 1 aliphatic rings. The molecule has 1 amide bonds. The van der Waals surface area contributed by atoms with Crippen LogP contribution in [-0.2, 0) is 14.4 Å². The summed E-state index contributed by atoms with van der Waals surface area (Å²) < 4.78 is 0. The fourth-order valence-corrected chi connectivity index (χ4v) is 2.66. The number of oxime groups is 1. The summed E-state index contributed by atoms with van der Waals surface area (Å²) in [5.41, 5.74) is 0.782. The molecule has 0 bridgehead atoms. The fourth-order valence-electron chi connectivity index (χ4n) is 2.66. The van der Waals surface area contributed by atoms with Gasteiger partial charge in [0.15, 0.2) is 6.04 Å². The van der Waals surface area contributed by atoms with E-state index in [0.29, 0.717) is 11.3 Å². The number of nitrogens with zero attached hydrogens (tertiary/aromatic N) is 1. The van der Waals surface area contributed by atoms with Gasteiger partial charge in [0.1, 0.15) is 0 Å². The van der Waals surface area contributed by atoms with Crippen LogP contribution < -0.4 is 5.32 Å². The van der Waals surface area contributed by atoms with Crippen LogP contribution in [-0.4, -0.2) is 28.3 Å². The predicted octanol–water partition coefficient (Wildman–Crippen LogP) is 2.51. The van der Waals surface area contributed by atoms with Gasteiger partial charge in [-0.15, -0.1) is 0 Å². The maximum absolute atomic E-state index is 12.7. The van der Waals surface area contributed by atoms with Gasteiger partial charge in [-0.2, -0.15) is 0 Å². The third-order valence-electron chi connectivity index (χ3n) is 4.10. The number of benzene rings is 2. The maximum Gasteiger partial charge on any atom is 0.330 e. The van der Waals surface area contributed by atoms with E-state index in [9.17, 15) is 14.7 Å². The zero-order chi connectivity index (χ0) is 17.9. The molecule has 0 aromatic heterocycles. The van der Waals surface area contributed by atoms with E-state index in [1.165, 1.54) is 0 Å². The van der Waals surface area contributed by atoms with E-state index in [2.05, 4.69) is 10.5 Å². The first-order valence-electron chi connectivity index (χ1n) is 7.89. The topological polar surface area (TPSA) is 88.0 Å². The van der Waals surface area contributed by atoms with Crippen molar-refractivity contribution in [1.29, 1.82) is 0 Å². The highest BCUT2D eigenvalue weighted by Gasteiger charge is 2.43. The minimum Gasteiger partial charge on any atom is -0.479 e. The minimum absolute atomic E-state index is 0.268. The number of amides is 1. The highest BCUT2D eigenvalue weighted by atomic mass is 16.7. The highest BCUT2D eigenvalue weighted by molar-refractivity contribution is 6.05. The molecular formula is C19H18N2O4. The van der Waals surface area contributed by atoms with Gasteiger partial charge in [0.25, 0.3) is 5.91 Å². The molecule has 1 heterocycles. The van der Waals surface area contributed by atoms with Crippen molar-refractivity contribution in [2.45, 2.75) is 25.0 Å². The number of hydrogen-bond donors (Lipinski definition) is 2. The Morgan fingerprint density at radius 2 is 1.72 bits per heavy atom. The van der Waals surface area contributed by atoms with Crippen molar-refractivity contribution in [3.05, 3.63) is 71.8 Å². The van der Waals surface area contributed by atoms with E-state index in [0.717, 1.165) is 5.56 Å². The SMILES string of the molecule is CC1(C(=O)N[C@H](C(=O)O)c2ccccc2)CC(c2ccccc2)=NO1. The molecule has 1 unspecified atom stereocenters. The smallest absolute Gasteiger partial charge is 0.330 e. The largest absolute Gasteiger partial charge is 0.479 e. The van der Waals surface area contributed by atoms with Crippen LogP contribution in [0.25, 0.3) is 0 Å². The van der Waals surface area contributed by atoms with Gasteiger partial charge >= 0.3 is 5.97 Å². The molecule has 0 saturated carbocycles. The van der Waals surface area contributed by atoms with Crippen LogP contribution in [0.2, 0.25) is 0 Å². The van der Waals surface area contributed by atoms with Crippen LogP contribution in [0.4, 0.5) is 0 Å². The van der Waals surface area contributed by atoms with Gasteiger partial charge in [-0.1, -0.05) is 65.8 Å². The van der Waals surface area contributed by atoms with E-state index in [4.69, 9.17) is 4.84 Å². The second kappa shape index (κ2) is 6.76. The lowest BCUT2D eigenvalue weighted by atomic mass is 9.94. The van der Waals surface area contributed by atoms with Gasteiger partial charge in [0, 0.05) is 6.42 Å². The second-order valence-corrected chi connectivity index (χ2v) is 6.06. The van der Waals surface area contributed by atoms with Crippen LogP contribution in [0.15, 0.2) is 65.8 Å². The molecule has 0 radical (unpaired) electrons. The molecule has 0 fully saturated rings. The summed E-state index contributed by atoms with van der Waals surface area (Å²) in [6, 6.07) is 16.8. The van der Waals surface area contributed by atoms with Gasteiger partial charge in [-0.05, 0) is 18.1 Å². The number of carbonyl (C=O) groups excluding carboxylic acids is 1. The molecule has 6 heteroatoms. The summed E-state index contributed by atoms with van der Waals surface area (Å²) >= 11 is 0. The summed E-state index contributed by atoms with van der Waals surface area (Å²) in [4.78, 5) is 29.6. The lowest BCUT2D eigenvalue weighted by Gasteiger charge is -2.23. The van der Waals surface area contributed by atoms with E-state index in [1.807, 2.05) is 30.3 Å². The average Bonchev–Trinajstić information content (AvgIpc) is 3.04. The first-order chi connectivity index (χ1) is 12.0. The lowest BCUT2D eigenvalue weighted by Crippen LogP contribution is -2.47. The number of nitrogens with one attached hydrogen (secondary N) is 1. The molecule has 128 valence electrons. The van der Waals surface area contributed by atoms with E-state index in [-0.39, 0.29) is 6.42 Å². The van der Waals surface area contributed by atoms with Crippen LogP contribution in [0.3, 0.4) is 0 Å². The number of rotatable bonds is 5. The molecule has 2 aromatic rings. The molecule has 1 aliphatic heterocycles. The first-order valence-corrected chi connectivity index (χ1v) is 7.89. The first kappa shape index (κ1) is 16.7. The van der Waals surface area contributed by atoms with E-state index >= 15 is 0 Å².